The molecule has 0 heterocycles. The molecule has 17 heavy (non-hydrogen) atoms. The lowest BCUT2D eigenvalue weighted by Gasteiger charge is -2.07. The molecule has 0 aromatic heterocycles. The smallest absolute Gasteiger partial charge is 0.330 e. The Labute approximate surface area is 102 Å². The first-order valence-electron chi connectivity index (χ1n) is 6.20. The van der Waals surface area contributed by atoms with Gasteiger partial charge < -0.3 is 4.74 Å². The Morgan fingerprint density at radius 1 is 1.41 bits per heavy atom. The first-order chi connectivity index (χ1) is 8.29. The van der Waals surface area contributed by atoms with Crippen molar-refractivity contribution in [2.24, 2.45) is 0 Å². The summed E-state index contributed by atoms with van der Waals surface area (Å²) in [5.41, 5.74) is 2.59. The topological polar surface area (TPSA) is 26.3 Å². The van der Waals surface area contributed by atoms with Crippen LogP contribution in [0, 0.1) is 0 Å². The van der Waals surface area contributed by atoms with Gasteiger partial charge in [-0.05, 0) is 37.7 Å². The van der Waals surface area contributed by atoms with Crippen molar-refractivity contribution in [1.82, 2.24) is 0 Å². The fourth-order valence-corrected chi connectivity index (χ4v) is 2.37. The minimum atomic E-state index is -0.198. The lowest BCUT2D eigenvalue weighted by molar-refractivity contribution is -0.137. The van der Waals surface area contributed by atoms with E-state index in [2.05, 4.69) is 24.3 Å². The van der Waals surface area contributed by atoms with Gasteiger partial charge in [0.25, 0.3) is 0 Å². The Kier molecular flexibility index (Phi) is 3.97. The molecule has 1 aliphatic rings. The maximum Gasteiger partial charge on any atom is 0.330 e. The maximum absolute atomic E-state index is 11.3. The Balaban J connectivity index is 1.98. The number of carbonyl (C=O) groups is 1. The number of hydrogen-bond acceptors (Lipinski definition) is 2. The van der Waals surface area contributed by atoms with Crippen LogP contribution in [-0.4, -0.2) is 12.6 Å². The zero-order chi connectivity index (χ0) is 12.1. The molecular weight excluding hydrogens is 212 g/mol. The van der Waals surface area contributed by atoms with Crippen molar-refractivity contribution >= 4 is 5.97 Å². The fourth-order valence-electron chi connectivity index (χ4n) is 2.37. The van der Waals surface area contributed by atoms with E-state index in [1.165, 1.54) is 11.1 Å². The van der Waals surface area contributed by atoms with Crippen LogP contribution in [-0.2, 0) is 9.53 Å². The second kappa shape index (κ2) is 5.67. The molecule has 90 valence electrons. The maximum atomic E-state index is 11.3. The Morgan fingerprint density at radius 2 is 2.18 bits per heavy atom. The molecule has 1 aromatic rings. The molecule has 1 aromatic carbocycles. The summed E-state index contributed by atoms with van der Waals surface area (Å²) < 4.78 is 4.93. The van der Waals surface area contributed by atoms with Gasteiger partial charge in [0.1, 0.15) is 0 Å². The SMILES string of the molecule is CCOC(=O)/C=C1\CCC(c2ccccc2)C1. The number of esters is 1. The van der Waals surface area contributed by atoms with Crippen LogP contribution in [0.2, 0.25) is 0 Å². The minimum absolute atomic E-state index is 0.198. The van der Waals surface area contributed by atoms with Crippen LogP contribution in [0.5, 0.6) is 0 Å². The van der Waals surface area contributed by atoms with Crippen LogP contribution in [0.4, 0.5) is 0 Å². The number of carbonyl (C=O) groups excluding carboxylic acids is 1. The van der Waals surface area contributed by atoms with Crippen LogP contribution >= 0.6 is 0 Å². The second-order valence-corrected chi connectivity index (χ2v) is 4.41. The number of rotatable bonds is 3. The van der Waals surface area contributed by atoms with Crippen LogP contribution < -0.4 is 0 Å². The molecule has 0 saturated heterocycles. The number of hydrogen-bond donors (Lipinski definition) is 0. The Bertz CT molecular complexity index is 406. The van der Waals surface area contributed by atoms with E-state index in [0.717, 1.165) is 19.3 Å². The van der Waals surface area contributed by atoms with Gasteiger partial charge in [-0.25, -0.2) is 4.79 Å². The van der Waals surface area contributed by atoms with Crippen molar-refractivity contribution in [1.29, 1.82) is 0 Å². The van der Waals surface area contributed by atoms with E-state index in [1.807, 2.05) is 13.0 Å². The average Bonchev–Trinajstić information content (AvgIpc) is 2.79. The third kappa shape index (κ3) is 3.19. The van der Waals surface area contributed by atoms with E-state index < -0.39 is 0 Å². The molecule has 0 amide bonds. The molecule has 1 atom stereocenters. The molecule has 2 rings (SSSR count). The van der Waals surface area contributed by atoms with Crippen LogP contribution in [0.3, 0.4) is 0 Å². The van der Waals surface area contributed by atoms with Gasteiger partial charge in [-0.2, -0.15) is 0 Å². The molecule has 0 N–H and O–H groups in total. The lowest BCUT2D eigenvalue weighted by Crippen LogP contribution is -2.00. The summed E-state index contributed by atoms with van der Waals surface area (Å²) in [6.07, 6.45) is 4.81. The third-order valence-electron chi connectivity index (χ3n) is 3.20. The first-order valence-corrected chi connectivity index (χ1v) is 6.20. The molecule has 1 unspecified atom stereocenters. The highest BCUT2D eigenvalue weighted by Crippen LogP contribution is 2.37. The highest BCUT2D eigenvalue weighted by atomic mass is 16.5. The van der Waals surface area contributed by atoms with Gasteiger partial charge in [0.2, 0.25) is 0 Å². The van der Waals surface area contributed by atoms with E-state index in [0.29, 0.717) is 12.5 Å². The molecule has 2 heteroatoms. The number of benzene rings is 1. The predicted molar refractivity (Wildman–Crippen MR) is 67.8 cm³/mol. The minimum Gasteiger partial charge on any atom is -0.463 e. The van der Waals surface area contributed by atoms with Crippen LogP contribution in [0.25, 0.3) is 0 Å². The fraction of sp³-hybridized carbons (Fsp3) is 0.400. The highest BCUT2D eigenvalue weighted by Gasteiger charge is 2.21. The molecule has 0 spiro atoms. The number of ether oxygens (including phenoxy) is 1. The molecule has 1 saturated carbocycles. The highest BCUT2D eigenvalue weighted by molar-refractivity contribution is 5.82. The average molecular weight is 230 g/mol. The first kappa shape index (κ1) is 11.9. The van der Waals surface area contributed by atoms with E-state index in [4.69, 9.17) is 4.74 Å². The summed E-state index contributed by atoms with van der Waals surface area (Å²) in [6.45, 7) is 2.28. The molecule has 2 nitrogen and oxygen atoms in total. The standard InChI is InChI=1S/C15H18O2/c1-2-17-15(16)11-12-8-9-14(10-12)13-6-4-3-5-7-13/h3-7,11,14H,2,8-10H2,1H3/b12-11+. The van der Waals surface area contributed by atoms with Gasteiger partial charge in [0.15, 0.2) is 0 Å². The summed E-state index contributed by atoms with van der Waals surface area (Å²) in [5.74, 6) is 0.369. The largest absolute Gasteiger partial charge is 0.463 e. The summed E-state index contributed by atoms with van der Waals surface area (Å²) in [6, 6.07) is 10.5. The molecule has 0 radical (unpaired) electrons. The normalized spacial score (nSPS) is 21.7. The van der Waals surface area contributed by atoms with Gasteiger partial charge >= 0.3 is 5.97 Å². The van der Waals surface area contributed by atoms with Gasteiger partial charge in [-0.3, -0.25) is 0 Å². The quantitative estimate of drug-likeness (QED) is 0.587. The Hall–Kier alpha value is -1.57. The van der Waals surface area contributed by atoms with Crippen LogP contribution in [0.15, 0.2) is 42.0 Å². The van der Waals surface area contributed by atoms with E-state index in [1.54, 1.807) is 6.08 Å². The van der Waals surface area contributed by atoms with Crippen molar-refractivity contribution in [3.05, 3.63) is 47.5 Å². The summed E-state index contributed by atoms with van der Waals surface area (Å²) >= 11 is 0. The second-order valence-electron chi connectivity index (χ2n) is 4.41. The zero-order valence-electron chi connectivity index (χ0n) is 10.2. The van der Waals surface area contributed by atoms with Gasteiger partial charge in [-0.1, -0.05) is 35.9 Å². The lowest BCUT2D eigenvalue weighted by atomic mass is 9.97. The van der Waals surface area contributed by atoms with E-state index in [-0.39, 0.29) is 5.97 Å². The van der Waals surface area contributed by atoms with Gasteiger partial charge in [-0.15, -0.1) is 0 Å². The molecule has 1 aliphatic carbocycles. The van der Waals surface area contributed by atoms with Crippen molar-refractivity contribution in [3.8, 4) is 0 Å². The predicted octanol–water partition coefficient (Wildman–Crippen LogP) is 3.44. The molecular formula is C15H18O2. The van der Waals surface area contributed by atoms with Crippen molar-refractivity contribution in [2.45, 2.75) is 32.1 Å². The van der Waals surface area contributed by atoms with Crippen molar-refractivity contribution < 1.29 is 9.53 Å². The summed E-state index contributed by atoms with van der Waals surface area (Å²) in [4.78, 5) is 11.3. The van der Waals surface area contributed by atoms with E-state index >= 15 is 0 Å². The Morgan fingerprint density at radius 3 is 2.88 bits per heavy atom. The molecule has 1 fully saturated rings. The molecule has 0 aliphatic heterocycles. The van der Waals surface area contributed by atoms with Gasteiger partial charge in [0, 0.05) is 6.08 Å². The molecule has 0 bridgehead atoms. The number of allylic oxidation sites excluding steroid dienone is 1. The zero-order valence-corrected chi connectivity index (χ0v) is 10.2. The van der Waals surface area contributed by atoms with Crippen molar-refractivity contribution in [2.75, 3.05) is 6.61 Å². The summed E-state index contributed by atoms with van der Waals surface area (Å²) in [7, 11) is 0. The third-order valence-corrected chi connectivity index (χ3v) is 3.20. The van der Waals surface area contributed by atoms with Crippen LogP contribution in [0.1, 0.15) is 37.7 Å². The monoisotopic (exact) mass is 230 g/mol. The van der Waals surface area contributed by atoms with E-state index in [9.17, 15) is 4.79 Å². The summed E-state index contributed by atoms with van der Waals surface area (Å²) in [5, 5.41) is 0. The van der Waals surface area contributed by atoms with Gasteiger partial charge in [0.05, 0.1) is 6.61 Å². The van der Waals surface area contributed by atoms with Crippen molar-refractivity contribution in [3.63, 3.8) is 0 Å².